The Bertz CT molecular complexity index is 582. The second-order valence-electron chi connectivity index (χ2n) is 7.69. The van der Waals surface area contributed by atoms with Crippen LogP contribution in [0, 0.1) is 0 Å². The summed E-state index contributed by atoms with van der Waals surface area (Å²) < 4.78 is 16.7. The summed E-state index contributed by atoms with van der Waals surface area (Å²) in [5.41, 5.74) is 0. The van der Waals surface area contributed by atoms with Crippen LogP contribution in [0.15, 0.2) is 0 Å². The van der Waals surface area contributed by atoms with E-state index in [0.29, 0.717) is 76.6 Å². The Balaban J connectivity index is 2.07. The second-order valence-corrected chi connectivity index (χ2v) is 7.69. The first-order chi connectivity index (χ1) is 16.0. The zero-order chi connectivity index (χ0) is 24.3. The van der Waals surface area contributed by atoms with E-state index in [0.717, 1.165) is 0 Å². The van der Waals surface area contributed by atoms with Crippen molar-refractivity contribution in [1.29, 1.82) is 0 Å². The van der Waals surface area contributed by atoms with Gasteiger partial charge in [-0.2, -0.15) is 0 Å². The van der Waals surface area contributed by atoms with Crippen molar-refractivity contribution in [2.24, 2.45) is 0 Å². The van der Waals surface area contributed by atoms with Crippen molar-refractivity contribution in [1.82, 2.24) is 5.06 Å². The third-order valence-electron chi connectivity index (χ3n) is 4.74. The topological polar surface area (TPSA) is 149 Å². The summed E-state index contributed by atoms with van der Waals surface area (Å²) >= 11 is 0. The molecule has 1 heterocycles. The number of rotatable bonds is 21. The molecule has 190 valence electrons. The minimum Gasteiger partial charge on any atom is -0.396 e. The second kappa shape index (κ2) is 18.5. The van der Waals surface area contributed by atoms with Gasteiger partial charge in [-0.15, -0.1) is 5.06 Å². The smallest absolute Gasteiger partial charge is 0.333 e. The van der Waals surface area contributed by atoms with Gasteiger partial charge in [0.05, 0.1) is 13.2 Å². The Kier molecular flexibility index (Phi) is 16.3. The van der Waals surface area contributed by atoms with Crippen molar-refractivity contribution in [2.45, 2.75) is 70.3 Å². The van der Waals surface area contributed by atoms with Gasteiger partial charge in [0.15, 0.2) is 0 Å². The number of ketones is 1. The van der Waals surface area contributed by atoms with Gasteiger partial charge in [-0.1, -0.05) is 0 Å². The normalized spacial score (nSPS) is 14.7. The highest BCUT2D eigenvalue weighted by Gasteiger charge is 2.32. The van der Waals surface area contributed by atoms with Gasteiger partial charge >= 0.3 is 5.97 Å². The van der Waals surface area contributed by atoms with Gasteiger partial charge in [-0.25, -0.2) is 4.79 Å². The lowest BCUT2D eigenvalue weighted by molar-refractivity contribution is -0.197. The molecular formula is C22H37NO10. The molecular weight excluding hydrogens is 438 g/mol. The Morgan fingerprint density at radius 1 is 0.788 bits per heavy atom. The predicted octanol–water partition coefficient (Wildman–Crippen LogP) is 0.687. The molecule has 0 aliphatic carbocycles. The van der Waals surface area contributed by atoms with E-state index in [1.54, 1.807) is 0 Å². The SMILES string of the molecule is O=C(CCCCOCC(COCCCO)OCCCO)CCCC(=O)ON1C(=O)CCC1=O. The number of amides is 2. The lowest BCUT2D eigenvalue weighted by Gasteiger charge is -2.18. The summed E-state index contributed by atoms with van der Waals surface area (Å²) in [5.74, 6) is -1.72. The van der Waals surface area contributed by atoms with Gasteiger partial charge in [0, 0.05) is 65.1 Å². The van der Waals surface area contributed by atoms with Gasteiger partial charge in [0.25, 0.3) is 11.8 Å². The van der Waals surface area contributed by atoms with Gasteiger partial charge < -0.3 is 29.3 Å². The molecule has 2 N–H and O–H groups in total. The summed E-state index contributed by atoms with van der Waals surface area (Å²) in [6.45, 7) is 2.09. The lowest BCUT2D eigenvalue weighted by Crippen LogP contribution is -2.32. The van der Waals surface area contributed by atoms with Crippen molar-refractivity contribution in [3.05, 3.63) is 0 Å². The van der Waals surface area contributed by atoms with Crippen molar-refractivity contribution >= 4 is 23.6 Å². The highest BCUT2D eigenvalue weighted by atomic mass is 16.7. The highest BCUT2D eigenvalue weighted by Crippen LogP contribution is 2.13. The van der Waals surface area contributed by atoms with Crippen LogP contribution in [-0.2, 0) is 38.2 Å². The fourth-order valence-electron chi connectivity index (χ4n) is 2.94. The summed E-state index contributed by atoms with van der Waals surface area (Å²) in [6, 6.07) is 0. The van der Waals surface area contributed by atoms with E-state index in [4.69, 9.17) is 29.3 Å². The number of hydrogen-bond donors (Lipinski definition) is 2. The molecule has 0 saturated carbocycles. The first kappa shape index (κ1) is 29.1. The number of carbonyl (C=O) groups excluding carboxylic acids is 4. The zero-order valence-corrected chi connectivity index (χ0v) is 19.2. The zero-order valence-electron chi connectivity index (χ0n) is 19.2. The van der Waals surface area contributed by atoms with Crippen LogP contribution in [0.4, 0.5) is 0 Å². The van der Waals surface area contributed by atoms with E-state index in [1.165, 1.54) is 0 Å². The Morgan fingerprint density at radius 3 is 2.00 bits per heavy atom. The Labute approximate surface area is 194 Å². The first-order valence-corrected chi connectivity index (χ1v) is 11.5. The van der Waals surface area contributed by atoms with Crippen LogP contribution in [0.5, 0.6) is 0 Å². The van der Waals surface area contributed by atoms with Crippen LogP contribution < -0.4 is 0 Å². The molecule has 1 fully saturated rings. The van der Waals surface area contributed by atoms with Crippen LogP contribution in [0.1, 0.15) is 64.2 Å². The minimum absolute atomic E-state index is 0.0265. The minimum atomic E-state index is -0.698. The molecule has 1 unspecified atom stereocenters. The van der Waals surface area contributed by atoms with Crippen LogP contribution >= 0.6 is 0 Å². The molecule has 1 aliphatic rings. The van der Waals surface area contributed by atoms with E-state index in [9.17, 15) is 19.2 Å². The van der Waals surface area contributed by atoms with Crippen molar-refractivity contribution in [3.63, 3.8) is 0 Å². The highest BCUT2D eigenvalue weighted by molar-refractivity contribution is 6.01. The maximum absolute atomic E-state index is 11.9. The number of nitrogens with zero attached hydrogens (tertiary/aromatic N) is 1. The number of hydrogen-bond acceptors (Lipinski definition) is 10. The monoisotopic (exact) mass is 475 g/mol. The third-order valence-corrected chi connectivity index (χ3v) is 4.74. The van der Waals surface area contributed by atoms with E-state index < -0.39 is 17.8 Å². The van der Waals surface area contributed by atoms with E-state index in [2.05, 4.69) is 0 Å². The molecule has 0 aromatic carbocycles. The quantitative estimate of drug-likeness (QED) is 0.179. The number of hydroxylamine groups is 2. The molecule has 2 amide bonds. The average molecular weight is 476 g/mol. The molecule has 11 heteroatoms. The average Bonchev–Trinajstić information content (AvgIpc) is 3.10. The fraction of sp³-hybridized carbons (Fsp3) is 0.818. The number of imide groups is 1. The van der Waals surface area contributed by atoms with Crippen molar-refractivity contribution < 1.29 is 48.4 Å². The molecule has 33 heavy (non-hydrogen) atoms. The van der Waals surface area contributed by atoms with Gasteiger partial charge in [0.2, 0.25) is 0 Å². The first-order valence-electron chi connectivity index (χ1n) is 11.5. The van der Waals surface area contributed by atoms with E-state index >= 15 is 0 Å². The molecule has 1 saturated heterocycles. The number of unbranched alkanes of at least 4 members (excludes halogenated alkanes) is 1. The number of aliphatic hydroxyl groups is 2. The van der Waals surface area contributed by atoms with E-state index in [-0.39, 0.29) is 50.8 Å². The molecule has 0 aromatic rings. The molecule has 0 spiro atoms. The molecule has 1 rings (SSSR count). The summed E-state index contributed by atoms with van der Waals surface area (Å²) in [7, 11) is 0. The van der Waals surface area contributed by atoms with Crippen LogP contribution in [0.25, 0.3) is 0 Å². The lowest BCUT2D eigenvalue weighted by atomic mass is 10.1. The van der Waals surface area contributed by atoms with Gasteiger partial charge in [-0.05, 0) is 32.1 Å². The van der Waals surface area contributed by atoms with Gasteiger partial charge in [-0.3, -0.25) is 14.4 Å². The van der Waals surface area contributed by atoms with Crippen LogP contribution in [0.3, 0.4) is 0 Å². The number of aliphatic hydroxyl groups excluding tert-OH is 2. The standard InChI is InChI=1S/C22H37NO10/c24-11-4-14-31-17-19(32-15-5-12-25)16-30-13-2-1-6-18(26)7-3-8-22(29)33-23-20(27)9-10-21(23)28/h19,24-25H,1-17H2. The number of ether oxygens (including phenoxy) is 3. The summed E-state index contributed by atoms with van der Waals surface area (Å²) in [5, 5.41) is 18.1. The Morgan fingerprint density at radius 2 is 1.36 bits per heavy atom. The molecule has 11 nitrogen and oxygen atoms in total. The van der Waals surface area contributed by atoms with Crippen LogP contribution in [0.2, 0.25) is 0 Å². The number of carbonyl (C=O) groups is 4. The maximum atomic E-state index is 11.9. The van der Waals surface area contributed by atoms with Crippen molar-refractivity contribution in [2.75, 3.05) is 46.2 Å². The van der Waals surface area contributed by atoms with Crippen LogP contribution in [-0.4, -0.2) is 91.2 Å². The predicted molar refractivity (Wildman–Crippen MR) is 115 cm³/mol. The summed E-state index contributed by atoms with van der Waals surface area (Å²) in [6.07, 6.45) is 3.13. The molecule has 0 radical (unpaired) electrons. The molecule has 1 aliphatic heterocycles. The Hall–Kier alpha value is -1.92. The van der Waals surface area contributed by atoms with Gasteiger partial charge in [0.1, 0.15) is 11.9 Å². The van der Waals surface area contributed by atoms with E-state index in [1.807, 2.05) is 0 Å². The fourth-order valence-corrected chi connectivity index (χ4v) is 2.94. The van der Waals surface area contributed by atoms with Crippen molar-refractivity contribution in [3.8, 4) is 0 Å². The number of Topliss-reactive ketones (excluding diaryl/α,β-unsaturated/α-hetero) is 1. The molecule has 0 aromatic heterocycles. The largest absolute Gasteiger partial charge is 0.396 e. The maximum Gasteiger partial charge on any atom is 0.333 e. The summed E-state index contributed by atoms with van der Waals surface area (Å²) in [4.78, 5) is 51.2. The molecule has 1 atom stereocenters. The molecule has 0 bridgehead atoms. The third kappa shape index (κ3) is 14.1.